The van der Waals surface area contributed by atoms with Crippen LogP contribution in [0.1, 0.15) is 43.4 Å². The quantitative estimate of drug-likeness (QED) is 0.278. The number of rotatable bonds is 8. The Morgan fingerprint density at radius 3 is 2.58 bits per heavy atom. The number of benzene rings is 2. The number of nitrogens with one attached hydrogen (secondary N) is 2. The number of nitrogens with zero attached hydrogens (tertiary/aromatic N) is 3. The van der Waals surface area contributed by atoms with E-state index in [1.807, 2.05) is 31.1 Å². The van der Waals surface area contributed by atoms with E-state index in [0.717, 1.165) is 44.0 Å². The molecule has 1 saturated heterocycles. The molecule has 33 heavy (non-hydrogen) atoms. The van der Waals surface area contributed by atoms with Gasteiger partial charge in [-0.3, -0.25) is 4.90 Å². The van der Waals surface area contributed by atoms with Gasteiger partial charge in [0.05, 0.1) is 6.54 Å². The maximum atomic E-state index is 14.1. The third kappa shape index (κ3) is 8.87. The summed E-state index contributed by atoms with van der Waals surface area (Å²) in [5.41, 5.74) is 3.10. The SMILES string of the molecule is CCNC(=NCc1ccc(F)c(CN(C)C)c1)NC1CCN(Cc2ccccc2)C(C)C1.I. The molecule has 1 heterocycles. The van der Waals surface area contributed by atoms with Crippen LogP contribution in [0.3, 0.4) is 0 Å². The standard InChI is InChI=1S/C26H38FN5.HI/c1-5-28-26(29-17-22-11-12-25(27)23(16-22)19-31(3)4)30-24-13-14-32(20(2)15-24)18-21-9-7-6-8-10-21;/h6-12,16,20,24H,5,13-15,17-19H2,1-4H3,(H2,28,29,30);1H. The zero-order chi connectivity index (χ0) is 22.9. The highest BCUT2D eigenvalue weighted by atomic mass is 127. The third-order valence-electron chi connectivity index (χ3n) is 5.94. The fourth-order valence-corrected chi connectivity index (χ4v) is 4.28. The minimum Gasteiger partial charge on any atom is -0.357 e. The molecule has 2 atom stereocenters. The second-order valence-electron chi connectivity index (χ2n) is 9.03. The van der Waals surface area contributed by atoms with Crippen LogP contribution in [-0.2, 0) is 19.6 Å². The van der Waals surface area contributed by atoms with E-state index in [1.165, 1.54) is 5.56 Å². The summed E-state index contributed by atoms with van der Waals surface area (Å²) in [6.07, 6.45) is 2.17. The monoisotopic (exact) mass is 567 g/mol. The van der Waals surface area contributed by atoms with E-state index < -0.39 is 0 Å². The van der Waals surface area contributed by atoms with Crippen LogP contribution in [0.15, 0.2) is 53.5 Å². The van der Waals surface area contributed by atoms with Gasteiger partial charge in [-0.25, -0.2) is 9.38 Å². The molecule has 2 aromatic rings. The second kappa shape index (κ2) is 13.9. The average molecular weight is 568 g/mol. The van der Waals surface area contributed by atoms with Crippen molar-refractivity contribution in [3.63, 3.8) is 0 Å². The number of piperidine rings is 1. The van der Waals surface area contributed by atoms with Gasteiger partial charge in [-0.2, -0.15) is 0 Å². The third-order valence-corrected chi connectivity index (χ3v) is 5.94. The number of hydrogen-bond donors (Lipinski definition) is 2. The van der Waals surface area contributed by atoms with Crippen molar-refractivity contribution in [2.24, 2.45) is 4.99 Å². The smallest absolute Gasteiger partial charge is 0.191 e. The number of guanidine groups is 1. The Kier molecular flexibility index (Phi) is 11.6. The summed E-state index contributed by atoms with van der Waals surface area (Å²) < 4.78 is 14.1. The van der Waals surface area contributed by atoms with Crippen LogP contribution in [-0.4, -0.2) is 55.0 Å². The largest absolute Gasteiger partial charge is 0.357 e. The maximum Gasteiger partial charge on any atom is 0.191 e. The van der Waals surface area contributed by atoms with E-state index in [2.05, 4.69) is 59.7 Å². The van der Waals surface area contributed by atoms with Crippen molar-refractivity contribution in [2.75, 3.05) is 27.2 Å². The van der Waals surface area contributed by atoms with Crippen LogP contribution in [0.5, 0.6) is 0 Å². The Morgan fingerprint density at radius 2 is 1.91 bits per heavy atom. The summed E-state index contributed by atoms with van der Waals surface area (Å²) in [5.74, 6) is 0.674. The Morgan fingerprint density at radius 1 is 1.15 bits per heavy atom. The number of likely N-dealkylation sites (tertiary alicyclic amines) is 1. The lowest BCUT2D eigenvalue weighted by Gasteiger charge is -2.38. The van der Waals surface area contributed by atoms with Crippen molar-refractivity contribution in [1.82, 2.24) is 20.4 Å². The zero-order valence-electron chi connectivity index (χ0n) is 20.4. The molecule has 1 aliphatic heterocycles. The second-order valence-corrected chi connectivity index (χ2v) is 9.03. The Hall–Kier alpha value is -1.71. The summed E-state index contributed by atoms with van der Waals surface area (Å²) in [4.78, 5) is 9.32. The summed E-state index contributed by atoms with van der Waals surface area (Å²) in [7, 11) is 3.90. The van der Waals surface area contributed by atoms with Gasteiger partial charge in [0.15, 0.2) is 5.96 Å². The Bertz CT molecular complexity index is 874. The molecule has 1 aliphatic rings. The zero-order valence-corrected chi connectivity index (χ0v) is 22.7. The molecular weight excluding hydrogens is 528 g/mol. The fourth-order valence-electron chi connectivity index (χ4n) is 4.28. The molecule has 0 spiro atoms. The van der Waals surface area contributed by atoms with Crippen molar-refractivity contribution in [3.8, 4) is 0 Å². The Labute approximate surface area is 215 Å². The molecule has 0 radical (unpaired) electrons. The highest BCUT2D eigenvalue weighted by Crippen LogP contribution is 2.20. The van der Waals surface area contributed by atoms with Crippen LogP contribution in [0.25, 0.3) is 0 Å². The van der Waals surface area contributed by atoms with Crippen LogP contribution in [0, 0.1) is 5.82 Å². The average Bonchev–Trinajstić information content (AvgIpc) is 2.76. The molecule has 2 unspecified atom stereocenters. The maximum absolute atomic E-state index is 14.1. The molecular formula is C26H39FIN5. The van der Waals surface area contributed by atoms with E-state index >= 15 is 0 Å². The number of halogens is 2. The van der Waals surface area contributed by atoms with Gasteiger partial charge in [-0.05, 0) is 64.0 Å². The van der Waals surface area contributed by atoms with E-state index in [0.29, 0.717) is 30.7 Å². The molecule has 3 rings (SSSR count). The molecule has 1 fully saturated rings. The van der Waals surface area contributed by atoms with Crippen molar-refractivity contribution >= 4 is 29.9 Å². The van der Waals surface area contributed by atoms with Gasteiger partial charge in [-0.1, -0.05) is 36.4 Å². The highest BCUT2D eigenvalue weighted by Gasteiger charge is 2.26. The van der Waals surface area contributed by atoms with Crippen molar-refractivity contribution in [2.45, 2.75) is 58.4 Å². The first-order chi connectivity index (χ1) is 15.4. The lowest BCUT2D eigenvalue weighted by molar-refractivity contribution is 0.134. The van der Waals surface area contributed by atoms with Crippen molar-refractivity contribution in [1.29, 1.82) is 0 Å². The summed E-state index contributed by atoms with van der Waals surface area (Å²) in [5, 5.41) is 7.00. The molecule has 0 amide bonds. The predicted octanol–water partition coefficient (Wildman–Crippen LogP) is 4.61. The summed E-state index contributed by atoms with van der Waals surface area (Å²) >= 11 is 0. The van der Waals surface area contributed by atoms with Crippen LogP contribution >= 0.6 is 24.0 Å². The van der Waals surface area contributed by atoms with E-state index in [-0.39, 0.29) is 29.8 Å². The van der Waals surface area contributed by atoms with Gasteiger partial charge in [0.2, 0.25) is 0 Å². The first-order valence-corrected chi connectivity index (χ1v) is 11.7. The summed E-state index contributed by atoms with van der Waals surface area (Å²) in [6.45, 7) is 8.38. The number of hydrogen-bond acceptors (Lipinski definition) is 3. The normalized spacial score (nSPS) is 19.3. The van der Waals surface area contributed by atoms with Gasteiger partial charge in [0.25, 0.3) is 0 Å². The lowest BCUT2D eigenvalue weighted by atomic mass is 9.97. The molecule has 2 aromatic carbocycles. The molecule has 182 valence electrons. The van der Waals surface area contributed by atoms with Gasteiger partial charge in [0, 0.05) is 43.8 Å². The fraction of sp³-hybridized carbons (Fsp3) is 0.500. The highest BCUT2D eigenvalue weighted by molar-refractivity contribution is 14.0. The lowest BCUT2D eigenvalue weighted by Crippen LogP contribution is -2.51. The van der Waals surface area contributed by atoms with Gasteiger partial charge in [-0.15, -0.1) is 24.0 Å². The molecule has 0 bridgehead atoms. The van der Waals surface area contributed by atoms with E-state index in [9.17, 15) is 4.39 Å². The van der Waals surface area contributed by atoms with Gasteiger partial charge in [0.1, 0.15) is 5.82 Å². The number of aliphatic imine (C=N–C) groups is 1. The topological polar surface area (TPSA) is 42.9 Å². The molecule has 2 N–H and O–H groups in total. The first-order valence-electron chi connectivity index (χ1n) is 11.7. The summed E-state index contributed by atoms with van der Waals surface area (Å²) in [6, 6.07) is 16.9. The minimum atomic E-state index is -0.160. The first kappa shape index (κ1) is 27.5. The van der Waals surface area contributed by atoms with Crippen LogP contribution in [0.2, 0.25) is 0 Å². The van der Waals surface area contributed by atoms with Gasteiger partial charge < -0.3 is 15.5 Å². The van der Waals surface area contributed by atoms with E-state index in [4.69, 9.17) is 4.99 Å². The Balaban J connectivity index is 0.00000385. The predicted molar refractivity (Wildman–Crippen MR) is 146 cm³/mol. The molecule has 0 aromatic heterocycles. The molecule has 0 aliphatic carbocycles. The molecule has 5 nitrogen and oxygen atoms in total. The van der Waals surface area contributed by atoms with Crippen LogP contribution < -0.4 is 10.6 Å². The minimum absolute atomic E-state index is 0. The molecule has 7 heteroatoms. The molecule has 0 saturated carbocycles. The van der Waals surface area contributed by atoms with Gasteiger partial charge >= 0.3 is 0 Å². The van der Waals surface area contributed by atoms with Crippen molar-refractivity contribution < 1.29 is 4.39 Å². The van der Waals surface area contributed by atoms with Crippen LogP contribution in [0.4, 0.5) is 4.39 Å². The van der Waals surface area contributed by atoms with Crippen molar-refractivity contribution in [3.05, 3.63) is 71.0 Å². The van der Waals surface area contributed by atoms with E-state index in [1.54, 1.807) is 6.07 Å².